The van der Waals surface area contributed by atoms with E-state index in [1.165, 1.54) is 7.11 Å². The molecular weight excluding hydrogens is 266 g/mol. The quantitative estimate of drug-likeness (QED) is 0.805. The fourth-order valence-electron chi connectivity index (χ4n) is 1.24. The molecule has 2 rings (SSSR count). The van der Waals surface area contributed by atoms with E-state index in [-0.39, 0.29) is 22.5 Å². The second-order valence-corrected chi connectivity index (χ2v) is 3.54. The van der Waals surface area contributed by atoms with Gasteiger partial charge in [0.1, 0.15) is 12.1 Å². The number of hydrogen-bond donors (Lipinski definition) is 0. The average Bonchev–Trinajstić information content (AvgIpc) is 2.34. The second-order valence-electron chi connectivity index (χ2n) is 3.18. The van der Waals surface area contributed by atoms with E-state index in [0.717, 1.165) is 24.5 Å². The van der Waals surface area contributed by atoms with Gasteiger partial charge in [-0.05, 0) is 12.1 Å². The summed E-state index contributed by atoms with van der Waals surface area (Å²) in [5.74, 6) is -1.73. The Labute approximate surface area is 106 Å². The van der Waals surface area contributed by atoms with Gasteiger partial charge in [0, 0.05) is 6.07 Å². The average molecular weight is 273 g/mol. The Morgan fingerprint density at radius 3 is 2.72 bits per heavy atom. The van der Waals surface area contributed by atoms with E-state index in [4.69, 9.17) is 21.1 Å². The van der Waals surface area contributed by atoms with E-state index < -0.39 is 11.6 Å². The number of hydrogen-bond acceptors (Lipinski definition) is 4. The minimum Gasteiger partial charge on any atom is -0.489 e. The summed E-state index contributed by atoms with van der Waals surface area (Å²) in [6.07, 6.45) is 1.12. The Bertz CT molecular complexity index is 581. The van der Waals surface area contributed by atoms with Crippen molar-refractivity contribution in [1.82, 2.24) is 9.97 Å². The lowest BCUT2D eigenvalue weighted by Crippen LogP contribution is -1.97. The van der Waals surface area contributed by atoms with Crippen LogP contribution < -0.4 is 9.47 Å². The third-order valence-corrected chi connectivity index (χ3v) is 2.30. The lowest BCUT2D eigenvalue weighted by molar-refractivity contribution is 0.357. The van der Waals surface area contributed by atoms with Crippen LogP contribution in [0.15, 0.2) is 24.5 Å². The molecule has 0 aliphatic carbocycles. The van der Waals surface area contributed by atoms with Crippen LogP contribution >= 0.6 is 11.6 Å². The summed E-state index contributed by atoms with van der Waals surface area (Å²) in [5, 5.41) is 0.0133. The van der Waals surface area contributed by atoms with Gasteiger partial charge in [0.15, 0.2) is 16.7 Å². The number of ether oxygens (including phenoxy) is 2. The molecule has 0 saturated heterocycles. The number of benzene rings is 1. The smallest absolute Gasteiger partial charge is 0.267 e. The van der Waals surface area contributed by atoms with E-state index >= 15 is 0 Å². The van der Waals surface area contributed by atoms with Gasteiger partial charge in [-0.1, -0.05) is 11.6 Å². The van der Waals surface area contributed by atoms with Gasteiger partial charge < -0.3 is 9.47 Å². The Morgan fingerprint density at radius 2 is 2.00 bits per heavy atom. The monoisotopic (exact) mass is 272 g/mol. The number of aromatic nitrogens is 2. The van der Waals surface area contributed by atoms with Gasteiger partial charge in [0.25, 0.3) is 5.88 Å². The molecule has 7 heteroatoms. The largest absolute Gasteiger partial charge is 0.489 e. The molecule has 0 N–H and O–H groups in total. The standard InChI is InChI=1S/C11H7ClF2N2O2/c1-17-9-10(12)15-5-16-11(9)18-8-4-6(13)2-3-7(8)14/h2-5H,1H3. The van der Waals surface area contributed by atoms with E-state index in [1.54, 1.807) is 0 Å². The fraction of sp³-hybridized carbons (Fsp3) is 0.0909. The number of halogens is 3. The molecule has 0 bridgehead atoms. The van der Waals surface area contributed by atoms with Crippen molar-refractivity contribution >= 4 is 11.6 Å². The summed E-state index contributed by atoms with van der Waals surface area (Å²) in [6, 6.07) is 2.82. The molecule has 2 aromatic rings. The fourth-order valence-corrected chi connectivity index (χ4v) is 1.44. The lowest BCUT2D eigenvalue weighted by atomic mass is 10.3. The molecule has 0 amide bonds. The van der Waals surface area contributed by atoms with Gasteiger partial charge in [-0.2, -0.15) is 4.98 Å². The summed E-state index contributed by atoms with van der Waals surface area (Å²) in [7, 11) is 1.33. The summed E-state index contributed by atoms with van der Waals surface area (Å²) in [4.78, 5) is 7.42. The molecule has 1 aromatic heterocycles. The van der Waals surface area contributed by atoms with Crippen LogP contribution in [0, 0.1) is 11.6 Å². The van der Waals surface area contributed by atoms with E-state index in [2.05, 4.69) is 9.97 Å². The van der Waals surface area contributed by atoms with Crippen molar-refractivity contribution in [3.63, 3.8) is 0 Å². The molecule has 18 heavy (non-hydrogen) atoms. The third-order valence-electron chi connectivity index (χ3n) is 2.03. The maximum Gasteiger partial charge on any atom is 0.267 e. The summed E-state index contributed by atoms with van der Waals surface area (Å²) in [5.41, 5.74) is 0. The van der Waals surface area contributed by atoms with E-state index in [0.29, 0.717) is 0 Å². The van der Waals surface area contributed by atoms with Gasteiger partial charge in [-0.15, -0.1) is 0 Å². The first-order valence-corrected chi connectivity index (χ1v) is 5.17. The molecular formula is C11H7ClF2N2O2. The van der Waals surface area contributed by atoms with E-state index in [1.807, 2.05) is 0 Å². The zero-order chi connectivity index (χ0) is 13.1. The Balaban J connectivity index is 2.40. The van der Waals surface area contributed by atoms with Crippen molar-refractivity contribution in [3.8, 4) is 17.4 Å². The van der Waals surface area contributed by atoms with Gasteiger partial charge in [0.2, 0.25) is 5.75 Å². The summed E-state index contributed by atoms with van der Waals surface area (Å²) >= 11 is 5.74. The molecule has 4 nitrogen and oxygen atoms in total. The molecule has 1 aromatic carbocycles. The first kappa shape index (κ1) is 12.5. The zero-order valence-corrected chi connectivity index (χ0v) is 9.91. The van der Waals surface area contributed by atoms with Crippen LogP contribution in [0.1, 0.15) is 0 Å². The molecule has 0 unspecified atom stereocenters. The first-order chi connectivity index (χ1) is 8.61. The van der Waals surface area contributed by atoms with Gasteiger partial charge >= 0.3 is 0 Å². The molecule has 0 aliphatic rings. The Kier molecular flexibility index (Phi) is 3.57. The van der Waals surface area contributed by atoms with E-state index in [9.17, 15) is 8.78 Å². The predicted molar refractivity (Wildman–Crippen MR) is 60.0 cm³/mol. The molecule has 0 saturated carbocycles. The van der Waals surface area contributed by atoms with Crippen LogP contribution in [-0.2, 0) is 0 Å². The van der Waals surface area contributed by atoms with Crippen molar-refractivity contribution < 1.29 is 18.3 Å². The first-order valence-electron chi connectivity index (χ1n) is 4.79. The minimum absolute atomic E-state index is 0.0133. The molecule has 0 atom stereocenters. The van der Waals surface area contributed by atoms with Crippen LogP contribution in [-0.4, -0.2) is 17.1 Å². The Hall–Kier alpha value is -1.95. The van der Waals surface area contributed by atoms with Crippen LogP contribution in [0.3, 0.4) is 0 Å². The second kappa shape index (κ2) is 5.14. The van der Waals surface area contributed by atoms with Crippen molar-refractivity contribution in [3.05, 3.63) is 41.3 Å². The highest BCUT2D eigenvalue weighted by molar-refractivity contribution is 6.31. The summed E-state index contributed by atoms with van der Waals surface area (Å²) in [6.45, 7) is 0. The van der Waals surface area contributed by atoms with Crippen LogP contribution in [0.5, 0.6) is 17.4 Å². The number of methoxy groups -OCH3 is 1. The normalized spacial score (nSPS) is 10.2. The lowest BCUT2D eigenvalue weighted by Gasteiger charge is -2.09. The zero-order valence-electron chi connectivity index (χ0n) is 9.15. The maximum atomic E-state index is 13.4. The highest BCUT2D eigenvalue weighted by atomic mass is 35.5. The molecule has 0 spiro atoms. The van der Waals surface area contributed by atoms with Crippen molar-refractivity contribution in [2.45, 2.75) is 0 Å². The molecule has 94 valence electrons. The minimum atomic E-state index is -0.729. The molecule has 0 fully saturated rings. The predicted octanol–water partition coefficient (Wildman–Crippen LogP) is 3.21. The Morgan fingerprint density at radius 1 is 1.22 bits per heavy atom. The van der Waals surface area contributed by atoms with Gasteiger partial charge in [-0.25, -0.2) is 13.8 Å². The topological polar surface area (TPSA) is 44.2 Å². The third kappa shape index (κ3) is 2.48. The summed E-state index contributed by atoms with van der Waals surface area (Å²) < 4.78 is 36.4. The number of rotatable bonds is 3. The molecule has 0 aliphatic heterocycles. The van der Waals surface area contributed by atoms with Gasteiger partial charge in [0.05, 0.1) is 7.11 Å². The number of nitrogens with zero attached hydrogens (tertiary/aromatic N) is 2. The van der Waals surface area contributed by atoms with Crippen molar-refractivity contribution in [1.29, 1.82) is 0 Å². The van der Waals surface area contributed by atoms with Crippen LogP contribution in [0.4, 0.5) is 8.78 Å². The SMILES string of the molecule is COc1c(Cl)ncnc1Oc1cc(F)ccc1F. The van der Waals surface area contributed by atoms with Crippen LogP contribution in [0.25, 0.3) is 0 Å². The molecule has 0 radical (unpaired) electrons. The van der Waals surface area contributed by atoms with Gasteiger partial charge in [-0.3, -0.25) is 0 Å². The van der Waals surface area contributed by atoms with Crippen LogP contribution in [0.2, 0.25) is 5.15 Å². The maximum absolute atomic E-state index is 13.4. The van der Waals surface area contributed by atoms with Crippen molar-refractivity contribution in [2.24, 2.45) is 0 Å². The highest BCUT2D eigenvalue weighted by Gasteiger charge is 2.15. The molecule has 1 heterocycles. The highest BCUT2D eigenvalue weighted by Crippen LogP contribution is 2.34. The van der Waals surface area contributed by atoms with Crippen molar-refractivity contribution in [2.75, 3.05) is 7.11 Å².